The van der Waals surface area contributed by atoms with E-state index in [0.29, 0.717) is 12.6 Å². The van der Waals surface area contributed by atoms with Gasteiger partial charge in [-0.3, -0.25) is 4.99 Å². The van der Waals surface area contributed by atoms with Gasteiger partial charge >= 0.3 is 0 Å². The maximum atomic E-state index is 13.5. The van der Waals surface area contributed by atoms with Crippen LogP contribution in [0.5, 0.6) is 0 Å². The van der Waals surface area contributed by atoms with Gasteiger partial charge in [-0.1, -0.05) is 18.9 Å². The van der Waals surface area contributed by atoms with Crippen LogP contribution in [0.3, 0.4) is 0 Å². The van der Waals surface area contributed by atoms with E-state index in [1.807, 2.05) is 19.3 Å². The molecule has 180 valence electrons. The van der Waals surface area contributed by atoms with E-state index >= 15 is 0 Å². The van der Waals surface area contributed by atoms with Crippen molar-refractivity contribution < 1.29 is 4.39 Å². The van der Waals surface area contributed by atoms with Crippen LogP contribution in [0, 0.1) is 5.82 Å². The highest BCUT2D eigenvalue weighted by Gasteiger charge is 2.20. The van der Waals surface area contributed by atoms with Gasteiger partial charge in [-0.25, -0.2) is 9.37 Å². The van der Waals surface area contributed by atoms with E-state index in [9.17, 15) is 4.39 Å². The third-order valence-corrected chi connectivity index (χ3v) is 6.43. The Hall–Kier alpha value is -2.10. The zero-order chi connectivity index (χ0) is 22.2. The van der Waals surface area contributed by atoms with Crippen molar-refractivity contribution in [1.29, 1.82) is 0 Å². The molecule has 0 aliphatic carbocycles. The summed E-state index contributed by atoms with van der Waals surface area (Å²) in [6, 6.07) is 11.5. The van der Waals surface area contributed by atoms with E-state index in [2.05, 4.69) is 42.5 Å². The molecular formula is C25H36FIN6. The molecule has 2 aromatic rings. The molecule has 0 spiro atoms. The van der Waals surface area contributed by atoms with Gasteiger partial charge in [0.05, 0.1) is 0 Å². The van der Waals surface area contributed by atoms with Crippen molar-refractivity contribution >= 4 is 41.4 Å². The van der Waals surface area contributed by atoms with Crippen LogP contribution in [0.15, 0.2) is 47.6 Å². The molecule has 1 aromatic carbocycles. The molecule has 4 rings (SSSR count). The predicted octanol–water partition coefficient (Wildman–Crippen LogP) is 4.55. The van der Waals surface area contributed by atoms with E-state index in [0.717, 1.165) is 56.5 Å². The number of rotatable bonds is 5. The molecule has 3 heterocycles. The summed E-state index contributed by atoms with van der Waals surface area (Å²) in [5, 5.41) is 7.01. The van der Waals surface area contributed by atoms with Gasteiger partial charge in [0.25, 0.3) is 0 Å². The number of benzene rings is 1. The molecule has 0 unspecified atom stereocenters. The highest BCUT2D eigenvalue weighted by Crippen LogP contribution is 2.21. The molecule has 0 radical (unpaired) electrons. The summed E-state index contributed by atoms with van der Waals surface area (Å²) < 4.78 is 13.5. The van der Waals surface area contributed by atoms with Crippen molar-refractivity contribution in [2.75, 3.05) is 43.0 Å². The van der Waals surface area contributed by atoms with Crippen LogP contribution in [0.1, 0.15) is 44.1 Å². The molecule has 0 atom stereocenters. The standard InChI is InChI=1S/C25H35FN6.HI/c1-27-25(30-22-10-15-31(16-11-22)23-8-6-7-21(26)18-23)29-19-20-9-12-28-24(17-20)32-13-4-2-3-5-14-32;/h6-9,12,17-18,22H,2-5,10-11,13-16,19H2,1H3,(H2,27,29,30);1H. The van der Waals surface area contributed by atoms with Gasteiger partial charge in [0.1, 0.15) is 11.6 Å². The number of hydrogen-bond donors (Lipinski definition) is 2. The molecule has 0 saturated carbocycles. The quantitative estimate of drug-likeness (QED) is 0.316. The molecule has 33 heavy (non-hydrogen) atoms. The molecule has 0 amide bonds. The first-order valence-electron chi connectivity index (χ1n) is 11.9. The zero-order valence-corrected chi connectivity index (χ0v) is 21.8. The third kappa shape index (κ3) is 7.45. The number of halogens is 2. The lowest BCUT2D eigenvalue weighted by Crippen LogP contribution is -2.48. The van der Waals surface area contributed by atoms with Gasteiger partial charge in [-0.05, 0) is 61.6 Å². The van der Waals surface area contributed by atoms with E-state index in [1.54, 1.807) is 12.1 Å². The summed E-state index contributed by atoms with van der Waals surface area (Å²) in [5.41, 5.74) is 2.17. The summed E-state index contributed by atoms with van der Waals surface area (Å²) in [7, 11) is 1.81. The molecule has 6 nitrogen and oxygen atoms in total. The first kappa shape index (κ1) is 25.5. The van der Waals surface area contributed by atoms with Crippen molar-refractivity contribution in [3.63, 3.8) is 0 Å². The van der Waals surface area contributed by atoms with E-state index in [-0.39, 0.29) is 29.8 Å². The van der Waals surface area contributed by atoms with Crippen LogP contribution >= 0.6 is 24.0 Å². The SMILES string of the molecule is CN=C(NCc1ccnc(N2CCCCCC2)c1)NC1CCN(c2cccc(F)c2)CC1.I. The summed E-state index contributed by atoms with van der Waals surface area (Å²) in [5.74, 6) is 1.73. The number of nitrogens with one attached hydrogen (secondary N) is 2. The fourth-order valence-corrected chi connectivity index (χ4v) is 4.57. The number of aliphatic imine (C=N–C) groups is 1. The van der Waals surface area contributed by atoms with Crippen molar-refractivity contribution in [3.05, 3.63) is 54.0 Å². The number of hydrogen-bond acceptors (Lipinski definition) is 4. The Morgan fingerprint density at radius 1 is 1.03 bits per heavy atom. The largest absolute Gasteiger partial charge is 0.371 e. The Balaban J connectivity index is 0.00000306. The second-order valence-electron chi connectivity index (χ2n) is 8.73. The molecule has 1 aromatic heterocycles. The lowest BCUT2D eigenvalue weighted by Gasteiger charge is -2.34. The lowest BCUT2D eigenvalue weighted by atomic mass is 10.0. The maximum absolute atomic E-state index is 13.5. The average Bonchev–Trinajstić information content (AvgIpc) is 3.12. The van der Waals surface area contributed by atoms with Crippen LogP contribution in [-0.4, -0.2) is 50.2 Å². The Bertz CT molecular complexity index is 892. The van der Waals surface area contributed by atoms with Gasteiger partial charge < -0.3 is 20.4 Å². The third-order valence-electron chi connectivity index (χ3n) is 6.43. The summed E-state index contributed by atoms with van der Waals surface area (Å²) in [4.78, 5) is 13.7. The Morgan fingerprint density at radius 3 is 2.48 bits per heavy atom. The van der Waals surface area contributed by atoms with Crippen LogP contribution < -0.4 is 20.4 Å². The minimum Gasteiger partial charge on any atom is -0.371 e. The number of anilines is 2. The van der Waals surface area contributed by atoms with Crippen molar-refractivity contribution in [1.82, 2.24) is 15.6 Å². The van der Waals surface area contributed by atoms with Crippen LogP contribution in [0.25, 0.3) is 0 Å². The second-order valence-corrected chi connectivity index (χ2v) is 8.73. The van der Waals surface area contributed by atoms with Crippen LogP contribution in [0.4, 0.5) is 15.9 Å². The summed E-state index contributed by atoms with van der Waals surface area (Å²) in [6.07, 6.45) is 9.03. The second kappa shape index (κ2) is 13.0. The smallest absolute Gasteiger partial charge is 0.191 e. The van der Waals surface area contributed by atoms with Gasteiger partial charge in [0, 0.05) is 57.7 Å². The average molecular weight is 567 g/mol. The fourth-order valence-electron chi connectivity index (χ4n) is 4.57. The minimum atomic E-state index is -0.178. The van der Waals surface area contributed by atoms with Gasteiger partial charge in [0.2, 0.25) is 0 Å². The molecule has 0 bridgehead atoms. The van der Waals surface area contributed by atoms with E-state index in [1.165, 1.54) is 37.3 Å². The molecule has 2 aliphatic heterocycles. The molecule has 2 aliphatic rings. The molecule has 8 heteroatoms. The van der Waals surface area contributed by atoms with Gasteiger partial charge in [0.15, 0.2) is 5.96 Å². The molecule has 2 fully saturated rings. The van der Waals surface area contributed by atoms with Crippen molar-refractivity contribution in [3.8, 4) is 0 Å². The molecule has 2 N–H and O–H groups in total. The van der Waals surface area contributed by atoms with Gasteiger partial charge in [-0.15, -0.1) is 24.0 Å². The number of aromatic nitrogens is 1. The number of pyridine rings is 1. The Morgan fingerprint density at radius 2 is 1.79 bits per heavy atom. The number of guanidine groups is 1. The van der Waals surface area contributed by atoms with Crippen LogP contribution in [0.2, 0.25) is 0 Å². The lowest BCUT2D eigenvalue weighted by molar-refractivity contribution is 0.461. The zero-order valence-electron chi connectivity index (χ0n) is 19.5. The van der Waals surface area contributed by atoms with E-state index < -0.39 is 0 Å². The normalized spacial score (nSPS) is 17.8. The van der Waals surface area contributed by atoms with E-state index in [4.69, 9.17) is 0 Å². The fraction of sp³-hybridized carbons (Fsp3) is 0.520. The maximum Gasteiger partial charge on any atom is 0.191 e. The highest BCUT2D eigenvalue weighted by molar-refractivity contribution is 14.0. The first-order valence-corrected chi connectivity index (χ1v) is 11.9. The van der Waals surface area contributed by atoms with Crippen molar-refractivity contribution in [2.45, 2.75) is 51.1 Å². The number of nitrogens with zero attached hydrogens (tertiary/aromatic N) is 4. The topological polar surface area (TPSA) is 55.8 Å². The molecule has 2 saturated heterocycles. The monoisotopic (exact) mass is 566 g/mol. The van der Waals surface area contributed by atoms with Crippen molar-refractivity contribution in [2.24, 2.45) is 4.99 Å². The minimum absolute atomic E-state index is 0. The summed E-state index contributed by atoms with van der Waals surface area (Å²) in [6.45, 7) is 4.72. The Labute approximate surface area is 214 Å². The Kier molecular flexibility index (Phi) is 10.0. The first-order chi connectivity index (χ1) is 15.7. The van der Waals surface area contributed by atoms with Gasteiger partial charge in [-0.2, -0.15) is 0 Å². The summed E-state index contributed by atoms with van der Waals surface area (Å²) >= 11 is 0. The molecular weight excluding hydrogens is 530 g/mol. The number of piperidine rings is 1. The predicted molar refractivity (Wildman–Crippen MR) is 145 cm³/mol. The van der Waals surface area contributed by atoms with Crippen LogP contribution in [-0.2, 0) is 6.54 Å². The highest BCUT2D eigenvalue weighted by atomic mass is 127.